The summed E-state index contributed by atoms with van der Waals surface area (Å²) >= 11 is 0. The van der Waals surface area contributed by atoms with Crippen LogP contribution in [0.1, 0.15) is 31.0 Å². The number of likely N-dealkylation sites (N-methyl/N-ethyl adjacent to an activating group) is 1. The molecule has 1 N–H and O–H groups in total. The SMILES string of the molecule is CCOc1ccc(C(Cc2cnn(CC)c2)NC)cc1. The van der Waals surface area contributed by atoms with Crippen molar-refractivity contribution >= 4 is 0 Å². The molecule has 1 aromatic heterocycles. The highest BCUT2D eigenvalue weighted by Crippen LogP contribution is 2.21. The maximum atomic E-state index is 5.48. The Balaban J connectivity index is 2.07. The van der Waals surface area contributed by atoms with Crippen LogP contribution in [0.4, 0.5) is 0 Å². The first-order chi connectivity index (χ1) is 9.76. The van der Waals surface area contributed by atoms with Crippen molar-refractivity contribution < 1.29 is 4.74 Å². The first-order valence-electron chi connectivity index (χ1n) is 7.18. The lowest BCUT2D eigenvalue weighted by atomic mass is 10.0. The molecule has 1 unspecified atom stereocenters. The highest BCUT2D eigenvalue weighted by atomic mass is 16.5. The maximum absolute atomic E-state index is 5.48. The molecule has 0 fully saturated rings. The van der Waals surface area contributed by atoms with E-state index < -0.39 is 0 Å². The van der Waals surface area contributed by atoms with Gasteiger partial charge in [-0.05, 0) is 50.6 Å². The van der Waals surface area contributed by atoms with Crippen molar-refractivity contribution in [2.24, 2.45) is 0 Å². The van der Waals surface area contributed by atoms with Gasteiger partial charge in [0.15, 0.2) is 0 Å². The van der Waals surface area contributed by atoms with Crippen LogP contribution < -0.4 is 10.1 Å². The maximum Gasteiger partial charge on any atom is 0.119 e. The monoisotopic (exact) mass is 273 g/mol. The van der Waals surface area contributed by atoms with E-state index in [0.717, 1.165) is 18.7 Å². The van der Waals surface area contributed by atoms with Crippen molar-refractivity contribution in [1.29, 1.82) is 0 Å². The van der Waals surface area contributed by atoms with E-state index in [1.807, 2.05) is 37.0 Å². The second-order valence-corrected chi connectivity index (χ2v) is 4.75. The summed E-state index contributed by atoms with van der Waals surface area (Å²) in [6.07, 6.45) is 4.99. The van der Waals surface area contributed by atoms with E-state index in [2.05, 4.69) is 35.7 Å². The van der Waals surface area contributed by atoms with Gasteiger partial charge in [-0.25, -0.2) is 0 Å². The highest BCUT2D eigenvalue weighted by Gasteiger charge is 2.11. The van der Waals surface area contributed by atoms with Crippen LogP contribution in [0.2, 0.25) is 0 Å². The molecule has 0 spiro atoms. The summed E-state index contributed by atoms with van der Waals surface area (Å²) in [5.41, 5.74) is 2.51. The Hall–Kier alpha value is -1.81. The smallest absolute Gasteiger partial charge is 0.119 e. The molecule has 0 radical (unpaired) electrons. The molecule has 0 saturated carbocycles. The van der Waals surface area contributed by atoms with Crippen molar-refractivity contribution in [2.75, 3.05) is 13.7 Å². The van der Waals surface area contributed by atoms with Gasteiger partial charge in [0, 0.05) is 18.8 Å². The molecule has 20 heavy (non-hydrogen) atoms. The third-order valence-electron chi connectivity index (χ3n) is 3.39. The molecule has 0 aliphatic heterocycles. The van der Waals surface area contributed by atoms with Crippen LogP contribution in [0.25, 0.3) is 0 Å². The van der Waals surface area contributed by atoms with Gasteiger partial charge in [-0.2, -0.15) is 5.10 Å². The number of aryl methyl sites for hydroxylation is 1. The van der Waals surface area contributed by atoms with Gasteiger partial charge in [0.25, 0.3) is 0 Å². The normalized spacial score (nSPS) is 12.3. The Kier molecular flexibility index (Phi) is 5.18. The number of hydrogen-bond donors (Lipinski definition) is 1. The van der Waals surface area contributed by atoms with Gasteiger partial charge in [0.05, 0.1) is 12.8 Å². The average Bonchev–Trinajstić information content (AvgIpc) is 2.94. The van der Waals surface area contributed by atoms with Crippen LogP contribution in [0.5, 0.6) is 5.75 Å². The number of ether oxygens (including phenoxy) is 1. The second-order valence-electron chi connectivity index (χ2n) is 4.75. The molecule has 1 heterocycles. The van der Waals surface area contributed by atoms with E-state index >= 15 is 0 Å². The first-order valence-corrected chi connectivity index (χ1v) is 7.18. The Labute approximate surface area is 120 Å². The molecule has 0 aliphatic carbocycles. The Morgan fingerprint density at radius 3 is 2.55 bits per heavy atom. The Bertz CT molecular complexity index is 519. The van der Waals surface area contributed by atoms with Crippen molar-refractivity contribution in [2.45, 2.75) is 32.9 Å². The van der Waals surface area contributed by atoms with Gasteiger partial charge in [-0.15, -0.1) is 0 Å². The van der Waals surface area contributed by atoms with Crippen molar-refractivity contribution in [1.82, 2.24) is 15.1 Å². The molecule has 108 valence electrons. The van der Waals surface area contributed by atoms with Crippen LogP contribution in [0.15, 0.2) is 36.7 Å². The minimum Gasteiger partial charge on any atom is -0.494 e. The van der Waals surface area contributed by atoms with Crippen LogP contribution in [-0.4, -0.2) is 23.4 Å². The van der Waals surface area contributed by atoms with E-state index in [1.54, 1.807) is 0 Å². The number of benzene rings is 1. The summed E-state index contributed by atoms with van der Waals surface area (Å²) in [6.45, 7) is 5.70. The summed E-state index contributed by atoms with van der Waals surface area (Å²) in [7, 11) is 1.99. The van der Waals surface area contributed by atoms with Gasteiger partial charge < -0.3 is 10.1 Å². The Morgan fingerprint density at radius 2 is 2.00 bits per heavy atom. The number of hydrogen-bond acceptors (Lipinski definition) is 3. The summed E-state index contributed by atoms with van der Waals surface area (Å²) in [5.74, 6) is 0.921. The molecule has 4 heteroatoms. The number of aromatic nitrogens is 2. The first kappa shape index (κ1) is 14.6. The number of nitrogens with zero attached hydrogens (tertiary/aromatic N) is 2. The lowest BCUT2D eigenvalue weighted by Gasteiger charge is -2.16. The van der Waals surface area contributed by atoms with Gasteiger partial charge in [0.1, 0.15) is 5.75 Å². The number of nitrogens with one attached hydrogen (secondary N) is 1. The quantitative estimate of drug-likeness (QED) is 0.843. The summed E-state index contributed by atoms with van der Waals surface area (Å²) < 4.78 is 7.44. The summed E-state index contributed by atoms with van der Waals surface area (Å²) in [6, 6.07) is 8.59. The van der Waals surface area contributed by atoms with Gasteiger partial charge in [-0.3, -0.25) is 4.68 Å². The number of rotatable bonds is 7. The van der Waals surface area contributed by atoms with Crippen LogP contribution >= 0.6 is 0 Å². The van der Waals surface area contributed by atoms with Gasteiger partial charge >= 0.3 is 0 Å². The fraction of sp³-hybridized carbons (Fsp3) is 0.438. The zero-order valence-electron chi connectivity index (χ0n) is 12.5. The fourth-order valence-electron chi connectivity index (χ4n) is 2.27. The van der Waals surface area contributed by atoms with Crippen molar-refractivity contribution in [3.05, 3.63) is 47.8 Å². The van der Waals surface area contributed by atoms with Crippen LogP contribution in [-0.2, 0) is 13.0 Å². The predicted molar refractivity (Wildman–Crippen MR) is 81.0 cm³/mol. The van der Waals surface area contributed by atoms with Crippen molar-refractivity contribution in [3.63, 3.8) is 0 Å². The molecule has 1 atom stereocenters. The van der Waals surface area contributed by atoms with E-state index in [1.165, 1.54) is 11.1 Å². The third kappa shape index (κ3) is 3.61. The molecule has 2 aromatic rings. The van der Waals surface area contributed by atoms with Crippen LogP contribution in [0.3, 0.4) is 0 Å². The zero-order valence-corrected chi connectivity index (χ0v) is 12.5. The van der Waals surface area contributed by atoms with E-state index in [4.69, 9.17) is 4.74 Å². The van der Waals surface area contributed by atoms with E-state index in [9.17, 15) is 0 Å². The second kappa shape index (κ2) is 7.10. The highest BCUT2D eigenvalue weighted by molar-refractivity contribution is 5.30. The lowest BCUT2D eigenvalue weighted by molar-refractivity contribution is 0.340. The largest absolute Gasteiger partial charge is 0.494 e. The van der Waals surface area contributed by atoms with Gasteiger partial charge in [-0.1, -0.05) is 12.1 Å². The molecule has 0 saturated heterocycles. The minimum atomic E-state index is 0.292. The van der Waals surface area contributed by atoms with Crippen molar-refractivity contribution in [3.8, 4) is 5.75 Å². The fourth-order valence-corrected chi connectivity index (χ4v) is 2.27. The van der Waals surface area contributed by atoms with E-state index in [-0.39, 0.29) is 0 Å². The third-order valence-corrected chi connectivity index (χ3v) is 3.39. The average molecular weight is 273 g/mol. The predicted octanol–water partition coefficient (Wildman–Crippen LogP) is 2.80. The molecule has 0 aliphatic rings. The molecule has 2 rings (SSSR count). The summed E-state index contributed by atoms with van der Waals surface area (Å²) in [4.78, 5) is 0. The van der Waals surface area contributed by atoms with Crippen LogP contribution in [0, 0.1) is 0 Å². The zero-order chi connectivity index (χ0) is 14.4. The minimum absolute atomic E-state index is 0.292. The molecular formula is C16H23N3O. The standard InChI is InChI=1S/C16H23N3O/c1-4-19-12-13(11-18-19)10-16(17-3)14-6-8-15(9-7-14)20-5-2/h6-9,11-12,16-17H,4-5,10H2,1-3H3. The molecule has 1 aromatic carbocycles. The molecular weight excluding hydrogens is 250 g/mol. The Morgan fingerprint density at radius 1 is 1.25 bits per heavy atom. The summed E-state index contributed by atoms with van der Waals surface area (Å²) in [5, 5.41) is 7.69. The topological polar surface area (TPSA) is 39.1 Å². The molecule has 4 nitrogen and oxygen atoms in total. The lowest BCUT2D eigenvalue weighted by Crippen LogP contribution is -2.18. The molecule has 0 amide bonds. The molecule has 0 bridgehead atoms. The van der Waals surface area contributed by atoms with Gasteiger partial charge in [0.2, 0.25) is 0 Å². The van der Waals surface area contributed by atoms with E-state index in [0.29, 0.717) is 12.6 Å².